The Labute approximate surface area is 172 Å². The van der Waals surface area contributed by atoms with Crippen molar-refractivity contribution in [3.8, 4) is 22.6 Å². The Morgan fingerprint density at radius 2 is 1.33 bits per heavy atom. The van der Waals surface area contributed by atoms with E-state index in [1.54, 1.807) is 36.4 Å². The molecule has 4 rings (SSSR count). The number of benzene rings is 4. The van der Waals surface area contributed by atoms with E-state index in [4.69, 9.17) is 4.74 Å². The van der Waals surface area contributed by atoms with Gasteiger partial charge in [-0.15, -0.1) is 0 Å². The van der Waals surface area contributed by atoms with Crippen molar-refractivity contribution < 1.29 is 24.5 Å². The lowest BCUT2D eigenvalue weighted by Crippen LogP contribution is -2.14. The molecular formula is C25H18O5. The van der Waals surface area contributed by atoms with Gasteiger partial charge in [0.2, 0.25) is 0 Å². The van der Waals surface area contributed by atoms with Crippen LogP contribution in [0.2, 0.25) is 0 Å². The molecule has 0 fully saturated rings. The number of carbonyl (C=O) groups is 2. The Morgan fingerprint density at radius 1 is 0.733 bits per heavy atom. The van der Waals surface area contributed by atoms with Crippen molar-refractivity contribution in [2.75, 3.05) is 6.61 Å². The first-order chi connectivity index (χ1) is 14.5. The summed E-state index contributed by atoms with van der Waals surface area (Å²) in [5.41, 5.74) is 2.22. The Balaban J connectivity index is 1.47. The minimum absolute atomic E-state index is 0.154. The first-order valence-electron chi connectivity index (χ1n) is 9.34. The summed E-state index contributed by atoms with van der Waals surface area (Å²) in [6, 6.07) is 24.5. The molecule has 2 N–H and O–H groups in total. The molecule has 5 heteroatoms. The molecule has 0 heterocycles. The van der Waals surface area contributed by atoms with E-state index < -0.39 is 12.6 Å². The molecule has 148 valence electrons. The number of carbonyl (C=O) groups excluding carboxylic acids is 2. The van der Waals surface area contributed by atoms with Crippen molar-refractivity contribution in [1.82, 2.24) is 0 Å². The maximum atomic E-state index is 12.4. The van der Waals surface area contributed by atoms with E-state index in [1.807, 2.05) is 42.5 Å². The second-order valence-electron chi connectivity index (χ2n) is 6.78. The molecular weight excluding hydrogens is 380 g/mol. The highest BCUT2D eigenvalue weighted by molar-refractivity contribution is 6.05. The quantitative estimate of drug-likeness (QED) is 0.282. The van der Waals surface area contributed by atoms with E-state index in [0.29, 0.717) is 16.3 Å². The van der Waals surface area contributed by atoms with Gasteiger partial charge in [-0.1, -0.05) is 78.9 Å². The van der Waals surface area contributed by atoms with Crippen LogP contribution in [0.5, 0.6) is 11.5 Å². The van der Waals surface area contributed by atoms with Crippen molar-refractivity contribution in [2.24, 2.45) is 0 Å². The number of phenolic OH excluding ortho intramolecular Hbond substituents is 2. The highest BCUT2D eigenvalue weighted by atomic mass is 16.5. The lowest BCUT2D eigenvalue weighted by molar-refractivity contribution is 0.0472. The normalized spacial score (nSPS) is 10.7. The number of fused-ring (bicyclic) bond motifs is 1. The maximum absolute atomic E-state index is 12.4. The minimum Gasteiger partial charge on any atom is -0.507 e. The van der Waals surface area contributed by atoms with E-state index in [1.165, 1.54) is 0 Å². The van der Waals surface area contributed by atoms with Crippen LogP contribution in [0.4, 0.5) is 0 Å². The fourth-order valence-electron chi connectivity index (χ4n) is 3.27. The Hall–Kier alpha value is -4.12. The molecule has 0 aliphatic heterocycles. The van der Waals surface area contributed by atoms with Crippen molar-refractivity contribution in [1.29, 1.82) is 0 Å². The molecule has 5 nitrogen and oxygen atoms in total. The highest BCUT2D eigenvalue weighted by Gasteiger charge is 2.19. The van der Waals surface area contributed by atoms with Crippen LogP contribution in [-0.4, -0.2) is 28.6 Å². The summed E-state index contributed by atoms with van der Waals surface area (Å²) in [5.74, 6) is -1.71. The second kappa shape index (κ2) is 8.09. The molecule has 0 radical (unpaired) electrons. The summed E-state index contributed by atoms with van der Waals surface area (Å²) in [7, 11) is 0. The number of phenols is 2. The van der Waals surface area contributed by atoms with Crippen molar-refractivity contribution in [2.45, 2.75) is 0 Å². The van der Waals surface area contributed by atoms with E-state index in [9.17, 15) is 19.8 Å². The van der Waals surface area contributed by atoms with Crippen LogP contribution in [0.15, 0.2) is 84.9 Å². The molecule has 4 aromatic rings. The van der Waals surface area contributed by atoms with E-state index in [0.717, 1.165) is 17.2 Å². The van der Waals surface area contributed by atoms with Gasteiger partial charge in [-0.2, -0.15) is 0 Å². The van der Waals surface area contributed by atoms with Crippen LogP contribution in [0.1, 0.15) is 20.7 Å². The Morgan fingerprint density at radius 3 is 2.03 bits per heavy atom. The third-order valence-electron chi connectivity index (χ3n) is 4.86. The zero-order valence-electron chi connectivity index (χ0n) is 15.9. The molecule has 0 aliphatic carbocycles. The van der Waals surface area contributed by atoms with E-state index >= 15 is 0 Å². The van der Waals surface area contributed by atoms with Gasteiger partial charge in [0.05, 0.1) is 0 Å². The summed E-state index contributed by atoms with van der Waals surface area (Å²) in [6.07, 6.45) is 0. The van der Waals surface area contributed by atoms with Crippen LogP contribution in [0, 0.1) is 0 Å². The standard InChI is InChI=1S/C25H18O5/c26-22-14-21(24(28)20-9-5-4-8-19(20)22)25(29)30-15-23(27)18-12-10-17(11-13-18)16-6-2-1-3-7-16/h1-14,26,28H,15H2. The van der Waals surface area contributed by atoms with Gasteiger partial charge >= 0.3 is 5.97 Å². The van der Waals surface area contributed by atoms with Crippen molar-refractivity contribution in [3.63, 3.8) is 0 Å². The molecule has 0 saturated heterocycles. The molecule has 0 bridgehead atoms. The van der Waals surface area contributed by atoms with Gasteiger partial charge in [-0.25, -0.2) is 4.79 Å². The van der Waals surface area contributed by atoms with Crippen LogP contribution in [0.25, 0.3) is 21.9 Å². The predicted octanol–water partition coefficient (Wildman–Crippen LogP) is 4.96. The van der Waals surface area contributed by atoms with Crippen molar-refractivity contribution >= 4 is 22.5 Å². The fourth-order valence-corrected chi connectivity index (χ4v) is 3.27. The summed E-state index contributed by atoms with van der Waals surface area (Å²) < 4.78 is 5.08. The van der Waals surface area contributed by atoms with Gasteiger partial charge in [-0.3, -0.25) is 4.79 Å². The molecule has 4 aromatic carbocycles. The van der Waals surface area contributed by atoms with Crippen LogP contribution < -0.4 is 0 Å². The molecule has 30 heavy (non-hydrogen) atoms. The average molecular weight is 398 g/mol. The number of esters is 1. The van der Waals surface area contributed by atoms with Gasteiger partial charge in [0.15, 0.2) is 12.4 Å². The molecule has 0 unspecified atom stereocenters. The lowest BCUT2D eigenvalue weighted by atomic mass is 10.0. The van der Waals surface area contributed by atoms with Crippen molar-refractivity contribution in [3.05, 3.63) is 96.1 Å². The average Bonchev–Trinajstić information content (AvgIpc) is 2.80. The predicted molar refractivity (Wildman–Crippen MR) is 114 cm³/mol. The molecule has 0 atom stereocenters. The largest absolute Gasteiger partial charge is 0.507 e. The summed E-state index contributed by atoms with van der Waals surface area (Å²) >= 11 is 0. The zero-order valence-corrected chi connectivity index (χ0v) is 15.9. The summed E-state index contributed by atoms with van der Waals surface area (Å²) in [5, 5.41) is 21.2. The van der Waals surface area contributed by atoms with Gasteiger partial charge in [0.1, 0.15) is 17.1 Å². The minimum atomic E-state index is -0.886. The second-order valence-corrected chi connectivity index (χ2v) is 6.78. The number of hydrogen-bond donors (Lipinski definition) is 2. The summed E-state index contributed by atoms with van der Waals surface area (Å²) in [4.78, 5) is 24.8. The van der Waals surface area contributed by atoms with Gasteiger partial charge in [-0.05, 0) is 17.2 Å². The van der Waals surface area contributed by atoms with Crippen LogP contribution >= 0.6 is 0 Å². The Kier molecular flexibility index (Phi) is 5.18. The van der Waals surface area contributed by atoms with Crippen LogP contribution in [0.3, 0.4) is 0 Å². The summed E-state index contributed by atoms with van der Waals surface area (Å²) in [6.45, 7) is -0.476. The van der Waals surface area contributed by atoms with Gasteiger partial charge < -0.3 is 14.9 Å². The monoisotopic (exact) mass is 398 g/mol. The Bertz CT molecular complexity index is 1230. The first-order valence-corrected chi connectivity index (χ1v) is 9.34. The topological polar surface area (TPSA) is 83.8 Å². The van der Waals surface area contributed by atoms with Gasteiger partial charge in [0, 0.05) is 16.3 Å². The SMILES string of the molecule is O=C(COC(=O)c1cc(O)c2ccccc2c1O)c1ccc(-c2ccccc2)cc1. The molecule has 0 aliphatic rings. The highest BCUT2D eigenvalue weighted by Crippen LogP contribution is 2.35. The van der Waals surface area contributed by atoms with Crippen LogP contribution in [-0.2, 0) is 4.74 Å². The maximum Gasteiger partial charge on any atom is 0.342 e. The third-order valence-corrected chi connectivity index (χ3v) is 4.86. The smallest absolute Gasteiger partial charge is 0.342 e. The van der Waals surface area contributed by atoms with E-state index in [2.05, 4.69) is 0 Å². The van der Waals surface area contributed by atoms with E-state index in [-0.39, 0.29) is 22.8 Å². The number of hydrogen-bond acceptors (Lipinski definition) is 5. The number of aromatic hydroxyl groups is 2. The fraction of sp³-hybridized carbons (Fsp3) is 0.0400. The molecule has 0 spiro atoms. The number of rotatable bonds is 5. The molecule has 0 aromatic heterocycles. The molecule has 0 amide bonds. The third kappa shape index (κ3) is 3.73. The number of Topliss-reactive ketones (excluding diaryl/α,β-unsaturated/α-hetero) is 1. The number of ketones is 1. The zero-order chi connectivity index (χ0) is 21.1. The molecule has 0 saturated carbocycles. The first kappa shape index (κ1) is 19.2. The lowest BCUT2D eigenvalue weighted by Gasteiger charge is -2.10. The number of ether oxygens (including phenoxy) is 1. The van der Waals surface area contributed by atoms with Gasteiger partial charge in [0.25, 0.3) is 0 Å².